The van der Waals surface area contributed by atoms with Crippen LogP contribution in [0.5, 0.6) is 0 Å². The van der Waals surface area contributed by atoms with Gasteiger partial charge in [0.2, 0.25) is 0 Å². The van der Waals surface area contributed by atoms with Crippen molar-refractivity contribution in [1.29, 1.82) is 0 Å². The number of furan rings is 1. The van der Waals surface area contributed by atoms with Gasteiger partial charge in [0.25, 0.3) is 5.91 Å². The Balaban J connectivity index is 0.00000506. The van der Waals surface area contributed by atoms with Gasteiger partial charge in [0, 0.05) is 11.1 Å². The molecule has 0 fully saturated rings. The van der Waals surface area contributed by atoms with Crippen LogP contribution in [0.15, 0.2) is 83.3 Å². The topological polar surface area (TPSA) is 88.8 Å². The Morgan fingerprint density at radius 3 is 2.44 bits per heavy atom. The molecule has 0 aliphatic carbocycles. The van der Waals surface area contributed by atoms with E-state index in [4.69, 9.17) is 9.15 Å². The van der Waals surface area contributed by atoms with Crippen LogP contribution >= 0.6 is 11.8 Å². The molecule has 0 unspecified atom stereocenters. The molecule has 4 aromatic rings. The van der Waals surface area contributed by atoms with Gasteiger partial charge in [0.05, 0.1) is 12.2 Å². The van der Waals surface area contributed by atoms with Gasteiger partial charge < -0.3 is 19.6 Å². The number of aryl methyl sites for hydroxylation is 1. The quantitative estimate of drug-likeness (QED) is 0.170. The maximum absolute atomic E-state index is 13.2. The number of carbonyl (C=O) groups excluding carboxylic acids is 1. The van der Waals surface area contributed by atoms with Gasteiger partial charge in [0.1, 0.15) is 24.2 Å². The van der Waals surface area contributed by atoms with Crippen molar-refractivity contribution < 1.29 is 37.0 Å². The first-order chi connectivity index (χ1) is 20.1. The molecule has 0 bridgehead atoms. The minimum absolute atomic E-state index is 0. The average molecular weight is 606 g/mol. The summed E-state index contributed by atoms with van der Waals surface area (Å²) in [4.78, 5) is 25.0. The number of thioether (sulfide) groups is 1. The first-order valence-corrected chi connectivity index (χ1v) is 14.5. The average Bonchev–Trinajstić information content (AvgIpc) is 3.44. The van der Waals surface area contributed by atoms with Gasteiger partial charge in [-0.2, -0.15) is 24.9 Å². The molecule has 1 heterocycles. The Morgan fingerprint density at radius 2 is 1.74 bits per heavy atom. The molecule has 1 amide bonds. The number of aliphatic carboxylic acids is 1. The van der Waals surface area contributed by atoms with E-state index in [0.29, 0.717) is 40.4 Å². The number of amides is 1. The molecule has 6 nitrogen and oxygen atoms in total. The minimum atomic E-state index is -4.45. The van der Waals surface area contributed by atoms with E-state index >= 15 is 0 Å². The number of ether oxygens (including phenoxy) is 1. The third kappa shape index (κ3) is 9.04. The van der Waals surface area contributed by atoms with E-state index in [-0.39, 0.29) is 32.1 Å². The third-order valence-corrected chi connectivity index (χ3v) is 7.27. The van der Waals surface area contributed by atoms with Crippen molar-refractivity contribution in [3.63, 3.8) is 0 Å². The van der Waals surface area contributed by atoms with E-state index in [1.54, 1.807) is 30.3 Å². The van der Waals surface area contributed by atoms with Crippen LogP contribution in [0.3, 0.4) is 0 Å². The summed E-state index contributed by atoms with van der Waals surface area (Å²) in [5.41, 5.74) is 3.09. The van der Waals surface area contributed by atoms with Crippen LogP contribution in [0.25, 0.3) is 22.5 Å². The summed E-state index contributed by atoms with van der Waals surface area (Å²) in [6, 6.07) is 20.0. The van der Waals surface area contributed by atoms with Gasteiger partial charge in [-0.1, -0.05) is 42.5 Å². The Hall–Kier alpha value is -3.42. The summed E-state index contributed by atoms with van der Waals surface area (Å²) < 4.78 is 50.8. The molecule has 2 N–H and O–H groups in total. The second-order valence-corrected chi connectivity index (χ2v) is 10.7. The number of carboxylic acid groups (broad SMARTS) is 1. The van der Waals surface area contributed by atoms with Crippen molar-refractivity contribution in [1.82, 2.24) is 5.32 Å². The van der Waals surface area contributed by atoms with Crippen LogP contribution in [0.2, 0.25) is 0 Å². The molecule has 0 saturated carbocycles. The molecule has 4 rings (SSSR count). The molecule has 43 heavy (non-hydrogen) atoms. The van der Waals surface area contributed by atoms with Crippen LogP contribution in [0.4, 0.5) is 13.2 Å². The van der Waals surface area contributed by atoms with Gasteiger partial charge in [-0.15, -0.1) is 0 Å². The predicted octanol–water partition coefficient (Wildman–Crippen LogP) is 6.95. The fourth-order valence-corrected chi connectivity index (χ4v) is 4.91. The number of hydrogen-bond acceptors (Lipinski definition) is 5. The zero-order valence-electron chi connectivity index (χ0n) is 23.0. The first kappa shape index (κ1) is 34.1. The molecule has 0 spiro atoms. The van der Waals surface area contributed by atoms with E-state index in [9.17, 15) is 27.9 Å². The number of hydrogen-bond donors (Lipinski definition) is 2. The van der Waals surface area contributed by atoms with Crippen LogP contribution in [0.1, 0.15) is 39.2 Å². The Bertz CT molecular complexity index is 1560. The summed E-state index contributed by atoms with van der Waals surface area (Å²) in [5, 5.41) is 12.2. The standard InChI is InChI=1S/C32H30F3NO5S.Li.H/c1-20-6-3-4-9-25(20)27-16-21(10-12-26(27)30(37)36-28(31(38)39)14-15-42-2)18-40-19-24-11-13-29(41-24)22-7-5-8-23(17-22)32(33,34)35;;/h3-13,16-17,28H,14-15,18-19H2,1-2H3,(H,36,37)(H,38,39);;/t28-;;/m0../s1. The third-order valence-electron chi connectivity index (χ3n) is 6.63. The van der Waals surface area contributed by atoms with E-state index in [1.807, 2.05) is 43.5 Å². The van der Waals surface area contributed by atoms with Gasteiger partial charge in [-0.05, 0) is 84.0 Å². The number of alkyl halides is 3. The number of halogens is 3. The first-order valence-electron chi connectivity index (χ1n) is 13.1. The van der Waals surface area contributed by atoms with E-state index in [1.165, 1.54) is 17.8 Å². The Labute approximate surface area is 264 Å². The van der Waals surface area contributed by atoms with Gasteiger partial charge >= 0.3 is 31.0 Å². The summed E-state index contributed by atoms with van der Waals surface area (Å²) in [6.07, 6.45) is -2.27. The maximum atomic E-state index is 13.2. The zero-order valence-corrected chi connectivity index (χ0v) is 23.9. The van der Waals surface area contributed by atoms with Crippen LogP contribution in [-0.4, -0.2) is 53.9 Å². The second-order valence-electron chi connectivity index (χ2n) is 9.68. The van der Waals surface area contributed by atoms with Crippen molar-refractivity contribution >= 4 is 42.5 Å². The fraction of sp³-hybridized carbons (Fsp3) is 0.250. The van der Waals surface area contributed by atoms with E-state index in [2.05, 4.69) is 5.32 Å². The number of benzene rings is 3. The summed E-state index contributed by atoms with van der Waals surface area (Å²) in [5.74, 6) is -0.229. The van der Waals surface area contributed by atoms with Crippen molar-refractivity contribution in [3.05, 3.63) is 107 Å². The van der Waals surface area contributed by atoms with Crippen molar-refractivity contribution in [2.45, 2.75) is 38.8 Å². The molecule has 0 radical (unpaired) electrons. The van der Waals surface area contributed by atoms with Gasteiger partial charge in [0.15, 0.2) is 0 Å². The van der Waals surface area contributed by atoms with Gasteiger partial charge in [-0.25, -0.2) is 4.79 Å². The number of nitrogens with one attached hydrogen (secondary N) is 1. The van der Waals surface area contributed by atoms with Crippen molar-refractivity contribution in [2.75, 3.05) is 12.0 Å². The SMILES string of the molecule is CSCC[C@H](NC(=O)c1ccc(COCc2ccc(-c3cccc(C(F)(F)F)c3)o2)cc1-c1ccccc1C)C(=O)O.[LiH]. The van der Waals surface area contributed by atoms with Gasteiger partial charge in [-0.3, -0.25) is 4.79 Å². The molecule has 3 aromatic carbocycles. The molecular formula is C32H31F3LiNO5S. The Kier molecular flexibility index (Phi) is 12.2. The molecular weight excluding hydrogens is 574 g/mol. The Morgan fingerprint density at radius 1 is 0.977 bits per heavy atom. The molecule has 0 aliphatic rings. The van der Waals surface area contributed by atoms with E-state index in [0.717, 1.165) is 28.8 Å². The van der Waals surface area contributed by atoms with Crippen LogP contribution < -0.4 is 5.32 Å². The summed E-state index contributed by atoms with van der Waals surface area (Å²) in [6.45, 7) is 2.18. The fourth-order valence-electron chi connectivity index (χ4n) is 4.44. The molecule has 11 heteroatoms. The van der Waals surface area contributed by atoms with Crippen molar-refractivity contribution in [2.24, 2.45) is 0 Å². The zero-order chi connectivity index (χ0) is 30.3. The normalized spacial score (nSPS) is 11.9. The molecule has 1 aromatic heterocycles. The van der Waals surface area contributed by atoms with Crippen LogP contribution in [0, 0.1) is 6.92 Å². The number of carboxylic acids is 1. The van der Waals surface area contributed by atoms with Crippen LogP contribution in [-0.2, 0) is 28.9 Å². The monoisotopic (exact) mass is 605 g/mol. The predicted molar refractivity (Wildman–Crippen MR) is 163 cm³/mol. The van der Waals surface area contributed by atoms with E-state index < -0.39 is 29.7 Å². The molecule has 222 valence electrons. The summed E-state index contributed by atoms with van der Waals surface area (Å²) >= 11 is 1.51. The molecule has 0 saturated heterocycles. The summed E-state index contributed by atoms with van der Waals surface area (Å²) in [7, 11) is 0. The molecule has 1 atom stereocenters. The van der Waals surface area contributed by atoms with Crippen molar-refractivity contribution in [3.8, 4) is 22.5 Å². The number of carbonyl (C=O) groups is 2. The number of rotatable bonds is 12. The molecule has 0 aliphatic heterocycles. The second kappa shape index (κ2) is 15.3.